The Kier molecular flexibility index (Phi) is 8.36. The van der Waals surface area contributed by atoms with E-state index in [1.165, 1.54) is 6.42 Å². The maximum atomic E-state index is 8.50. The maximum absolute atomic E-state index is 8.50. The fraction of sp³-hybridized carbons (Fsp3) is 0.455. The predicted molar refractivity (Wildman–Crippen MR) is 57.4 cm³/mol. The van der Waals surface area contributed by atoms with Crippen LogP contribution < -0.4 is 5.32 Å². The van der Waals surface area contributed by atoms with Crippen LogP contribution in [0.25, 0.3) is 0 Å². The van der Waals surface area contributed by atoms with Crippen molar-refractivity contribution in [2.75, 3.05) is 13.2 Å². The van der Waals surface area contributed by atoms with E-state index in [0.717, 1.165) is 18.7 Å². The molecule has 0 aliphatic carbocycles. The van der Waals surface area contributed by atoms with Gasteiger partial charge in [-0.15, -0.1) is 0 Å². The molecule has 2 N–H and O–H groups in total. The number of unbranched alkanes of at least 4 members (excludes halogenated alkanes) is 1. The van der Waals surface area contributed by atoms with Gasteiger partial charge in [-0.3, -0.25) is 0 Å². The maximum Gasteiger partial charge on any atom is 0.0615 e. The molecule has 0 heterocycles. The Morgan fingerprint density at radius 3 is 2.85 bits per heavy atom. The average Bonchev–Trinajstić information content (AvgIpc) is 2.16. The highest BCUT2D eigenvalue weighted by Gasteiger charge is 1.86. The van der Waals surface area contributed by atoms with Crippen LogP contribution in [0.1, 0.15) is 19.8 Å². The third kappa shape index (κ3) is 7.34. The van der Waals surface area contributed by atoms with Crippen LogP contribution in [0.2, 0.25) is 0 Å². The molecule has 0 aromatic carbocycles. The number of allylic oxidation sites excluding steroid dienone is 3. The summed E-state index contributed by atoms with van der Waals surface area (Å²) < 4.78 is 0. The van der Waals surface area contributed by atoms with Crippen LogP contribution >= 0.6 is 0 Å². The van der Waals surface area contributed by atoms with Gasteiger partial charge in [0.1, 0.15) is 0 Å². The second-order valence-electron chi connectivity index (χ2n) is 2.72. The predicted octanol–water partition coefficient (Wildman–Crippen LogP) is 1.99. The van der Waals surface area contributed by atoms with Gasteiger partial charge in [0.2, 0.25) is 0 Å². The summed E-state index contributed by atoms with van der Waals surface area (Å²) in [5.74, 6) is 0. The molecule has 0 rings (SSSR count). The highest BCUT2D eigenvalue weighted by molar-refractivity contribution is 5.20. The van der Waals surface area contributed by atoms with Crippen LogP contribution in [0.4, 0.5) is 0 Å². The molecule has 0 saturated carbocycles. The molecule has 0 aliphatic heterocycles. The van der Waals surface area contributed by atoms with Gasteiger partial charge in [-0.2, -0.15) is 0 Å². The standard InChI is InChI=1S/C11H19NO/c1-3-5-9-12-11(4-2)8-6-7-10-13/h4,6-8,12-13H,2-3,5,9-10H2,1H3/b7-6-,11-8+. The Bertz CT molecular complexity index is 183. The van der Waals surface area contributed by atoms with Crippen LogP contribution in [0.3, 0.4) is 0 Å². The molecule has 0 amide bonds. The van der Waals surface area contributed by atoms with Gasteiger partial charge >= 0.3 is 0 Å². The van der Waals surface area contributed by atoms with Gasteiger partial charge in [0.25, 0.3) is 0 Å². The minimum Gasteiger partial charge on any atom is -0.392 e. The van der Waals surface area contributed by atoms with Crippen molar-refractivity contribution in [2.24, 2.45) is 0 Å². The topological polar surface area (TPSA) is 32.3 Å². The normalized spacial score (nSPS) is 12.0. The van der Waals surface area contributed by atoms with Crippen molar-refractivity contribution < 1.29 is 5.11 Å². The van der Waals surface area contributed by atoms with Gasteiger partial charge < -0.3 is 10.4 Å². The van der Waals surface area contributed by atoms with Crippen LogP contribution in [0, 0.1) is 0 Å². The second kappa shape index (κ2) is 9.07. The zero-order valence-corrected chi connectivity index (χ0v) is 8.29. The monoisotopic (exact) mass is 181 g/mol. The number of aliphatic hydroxyl groups is 1. The number of nitrogens with one attached hydrogen (secondary N) is 1. The van der Waals surface area contributed by atoms with Crippen molar-refractivity contribution in [1.82, 2.24) is 5.32 Å². The zero-order chi connectivity index (χ0) is 9.94. The lowest BCUT2D eigenvalue weighted by atomic mass is 10.3. The third-order valence-corrected chi connectivity index (χ3v) is 1.60. The van der Waals surface area contributed by atoms with Gasteiger partial charge in [0, 0.05) is 12.2 Å². The summed E-state index contributed by atoms with van der Waals surface area (Å²) in [4.78, 5) is 0. The van der Waals surface area contributed by atoms with Crippen molar-refractivity contribution in [1.29, 1.82) is 0 Å². The minimum atomic E-state index is 0.0792. The first-order valence-corrected chi connectivity index (χ1v) is 4.69. The Morgan fingerprint density at radius 1 is 1.54 bits per heavy atom. The molecule has 2 nitrogen and oxygen atoms in total. The summed E-state index contributed by atoms with van der Waals surface area (Å²) in [6.45, 7) is 6.90. The summed E-state index contributed by atoms with van der Waals surface area (Å²) in [6.07, 6.45) is 9.52. The molecule has 0 atom stereocenters. The second-order valence-corrected chi connectivity index (χ2v) is 2.72. The molecule has 0 unspecified atom stereocenters. The van der Waals surface area contributed by atoms with Gasteiger partial charge in [-0.1, -0.05) is 32.1 Å². The Morgan fingerprint density at radius 2 is 2.31 bits per heavy atom. The highest BCUT2D eigenvalue weighted by Crippen LogP contribution is 1.93. The van der Waals surface area contributed by atoms with Crippen molar-refractivity contribution in [3.05, 3.63) is 36.6 Å². The first-order valence-electron chi connectivity index (χ1n) is 4.69. The van der Waals surface area contributed by atoms with E-state index in [9.17, 15) is 0 Å². The highest BCUT2D eigenvalue weighted by atomic mass is 16.2. The molecule has 0 radical (unpaired) electrons. The minimum absolute atomic E-state index is 0.0792. The van der Waals surface area contributed by atoms with Crippen molar-refractivity contribution in [2.45, 2.75) is 19.8 Å². The first kappa shape index (κ1) is 12.0. The summed E-state index contributed by atoms with van der Waals surface area (Å²) in [6, 6.07) is 0. The molecule has 0 aliphatic rings. The van der Waals surface area contributed by atoms with Crippen LogP contribution in [0.5, 0.6) is 0 Å². The molecule has 13 heavy (non-hydrogen) atoms. The van der Waals surface area contributed by atoms with Crippen LogP contribution in [-0.2, 0) is 0 Å². The van der Waals surface area contributed by atoms with Crippen LogP contribution in [-0.4, -0.2) is 18.3 Å². The molecular formula is C11H19NO. The van der Waals surface area contributed by atoms with Gasteiger partial charge in [-0.25, -0.2) is 0 Å². The van der Waals surface area contributed by atoms with Crippen molar-refractivity contribution >= 4 is 0 Å². The fourth-order valence-electron chi connectivity index (χ4n) is 0.841. The molecule has 74 valence electrons. The fourth-order valence-corrected chi connectivity index (χ4v) is 0.841. The number of hydrogen-bond donors (Lipinski definition) is 2. The smallest absolute Gasteiger partial charge is 0.0615 e. The van der Waals surface area contributed by atoms with Crippen molar-refractivity contribution in [3.63, 3.8) is 0 Å². The SMILES string of the molecule is C=C/C(=C\C=C/CO)NCCCC. The van der Waals surface area contributed by atoms with E-state index in [2.05, 4.69) is 18.8 Å². The van der Waals surface area contributed by atoms with E-state index in [4.69, 9.17) is 5.11 Å². The summed E-state index contributed by atoms with van der Waals surface area (Å²) >= 11 is 0. The van der Waals surface area contributed by atoms with E-state index in [1.54, 1.807) is 12.2 Å². The number of hydrogen-bond acceptors (Lipinski definition) is 2. The molecule has 2 heteroatoms. The van der Waals surface area contributed by atoms with Crippen LogP contribution in [0.15, 0.2) is 36.6 Å². The average molecular weight is 181 g/mol. The van der Waals surface area contributed by atoms with E-state index in [-0.39, 0.29) is 6.61 Å². The van der Waals surface area contributed by atoms with Gasteiger partial charge in [0.15, 0.2) is 0 Å². The molecule has 0 fully saturated rings. The summed E-state index contributed by atoms with van der Waals surface area (Å²) in [7, 11) is 0. The molecule has 0 saturated heterocycles. The lowest BCUT2D eigenvalue weighted by Crippen LogP contribution is -2.12. The number of aliphatic hydroxyl groups excluding tert-OH is 1. The summed E-state index contributed by atoms with van der Waals surface area (Å²) in [5.41, 5.74) is 0.998. The quantitative estimate of drug-likeness (QED) is 0.465. The van der Waals surface area contributed by atoms with Crippen molar-refractivity contribution in [3.8, 4) is 0 Å². The van der Waals surface area contributed by atoms with Gasteiger partial charge in [-0.05, 0) is 18.6 Å². The Balaban J connectivity index is 3.80. The van der Waals surface area contributed by atoms with E-state index in [1.807, 2.05) is 12.2 Å². The number of rotatable bonds is 7. The molecule has 0 bridgehead atoms. The van der Waals surface area contributed by atoms with E-state index in [0.29, 0.717) is 0 Å². The molecule has 0 aromatic heterocycles. The lowest BCUT2D eigenvalue weighted by molar-refractivity contribution is 0.343. The Hall–Kier alpha value is -1.02. The third-order valence-electron chi connectivity index (χ3n) is 1.60. The van der Waals surface area contributed by atoms with Gasteiger partial charge in [0.05, 0.1) is 6.61 Å². The Labute approximate surface area is 80.7 Å². The first-order chi connectivity index (χ1) is 6.35. The molecular weight excluding hydrogens is 162 g/mol. The van der Waals surface area contributed by atoms with E-state index >= 15 is 0 Å². The zero-order valence-electron chi connectivity index (χ0n) is 8.29. The largest absolute Gasteiger partial charge is 0.392 e. The lowest BCUT2D eigenvalue weighted by Gasteiger charge is -2.04. The molecule has 0 aromatic rings. The summed E-state index contributed by atoms with van der Waals surface area (Å²) in [5, 5.41) is 11.7. The molecule has 0 spiro atoms. The van der Waals surface area contributed by atoms with E-state index < -0.39 is 0 Å².